The van der Waals surface area contributed by atoms with E-state index in [1.54, 1.807) is 14.2 Å². The molecule has 0 bridgehead atoms. The maximum Gasteiger partial charge on any atom is 0.417 e. The van der Waals surface area contributed by atoms with Gasteiger partial charge in [0.2, 0.25) is 0 Å². The van der Waals surface area contributed by atoms with Crippen LogP contribution in [0.4, 0.5) is 26.3 Å². The minimum atomic E-state index is -4.51. The van der Waals surface area contributed by atoms with E-state index >= 15 is 0 Å². The highest BCUT2D eigenvalue weighted by atomic mass is 19.4. The van der Waals surface area contributed by atoms with Gasteiger partial charge in [0.15, 0.2) is 11.6 Å². The highest BCUT2D eigenvalue weighted by molar-refractivity contribution is 5.87. The van der Waals surface area contributed by atoms with E-state index < -0.39 is 56.7 Å². The van der Waals surface area contributed by atoms with Crippen molar-refractivity contribution in [3.05, 3.63) is 133 Å². The number of benzene rings is 2. The van der Waals surface area contributed by atoms with Crippen molar-refractivity contribution in [2.24, 2.45) is 56.2 Å². The topological polar surface area (TPSA) is 151 Å². The first-order valence-corrected chi connectivity index (χ1v) is 31.3. The lowest BCUT2D eigenvalue weighted by Gasteiger charge is -2.56. The molecular formula is C74H96F6N2O11. The molecule has 4 heterocycles. The summed E-state index contributed by atoms with van der Waals surface area (Å²) in [4.78, 5) is 47.5. The Kier molecular flexibility index (Phi) is 24.6. The number of halogens is 6. The number of Topliss-reactive ketones (excluding diaryl/α,β-unsaturated/α-hetero) is 2. The van der Waals surface area contributed by atoms with Crippen molar-refractivity contribution in [2.45, 2.75) is 164 Å². The van der Waals surface area contributed by atoms with Crippen molar-refractivity contribution in [1.82, 2.24) is 9.97 Å². The van der Waals surface area contributed by atoms with E-state index in [1.165, 1.54) is 0 Å². The Morgan fingerprint density at radius 3 is 1.38 bits per heavy atom. The van der Waals surface area contributed by atoms with Crippen LogP contribution < -0.4 is 9.47 Å². The quantitative estimate of drug-likeness (QED) is 0.0337. The van der Waals surface area contributed by atoms with Crippen molar-refractivity contribution in [1.29, 1.82) is 0 Å². The molecule has 10 atom stereocenters. The molecule has 93 heavy (non-hydrogen) atoms. The second kappa shape index (κ2) is 30.2. The minimum Gasteiger partial charge on any atom is -0.497 e. The van der Waals surface area contributed by atoms with E-state index in [-0.39, 0.29) is 72.3 Å². The number of methoxy groups -OCH3 is 2. The average Bonchev–Trinajstić information content (AvgIpc) is 1.59. The van der Waals surface area contributed by atoms with Gasteiger partial charge in [0.25, 0.3) is 0 Å². The summed E-state index contributed by atoms with van der Waals surface area (Å²) in [6, 6.07) is 19.3. The molecule has 4 aliphatic carbocycles. The number of carbonyl (C=O) groups is 3. The number of ketones is 2. The number of carbonyl (C=O) groups excluding carboxylic acids is 3. The number of ether oxygens (including phenoxy) is 8. The number of alkyl halides is 6. The number of aldehydes is 1. The Labute approximate surface area is 546 Å². The summed E-state index contributed by atoms with van der Waals surface area (Å²) in [6.45, 7) is 24.7. The highest BCUT2D eigenvalue weighted by Gasteiger charge is 2.72. The molecule has 2 saturated heterocycles. The zero-order valence-electron chi connectivity index (χ0n) is 53.7. The van der Waals surface area contributed by atoms with Gasteiger partial charge in [-0.25, -0.2) is 0 Å². The standard InChI is InChI=1S/C30H42O6.C30H40O5.C12H6F6N2.2CH4/c1-6-27(3,21-34-20-23-7-9-24(33-5)10-8-23)19-25(32)28(4)22(2)11-12-29(15-16-31)13-14-30(26(28)29)35-17-18-36-30;1-7-27(4,21-33-20-23-9-11-24(32-6)12-10-23)19-25(31)28(5)22(3)13-14-29(8-2)15-16-30(26(28)29)34-17-18-35-30;13-11(14,15)7-1-3-9(19-5-7)10-4-2-8(6-20-10)12(16,17)18;;/h6-10,16,22,26H,1,11-15,17-21H2,2-5H3;2,7,9-12,22,26H,1,13-21H2,3-6H3;1-6H;2*1H4/t2*22-,26?,27+,28+,29+;;;/m11.../s1. The molecule has 6 fully saturated rings. The summed E-state index contributed by atoms with van der Waals surface area (Å²) >= 11 is 0. The largest absolute Gasteiger partial charge is 0.497 e. The Balaban J connectivity index is 0.000000228. The van der Waals surface area contributed by atoms with Crippen LogP contribution in [0.1, 0.15) is 149 Å². The Bertz CT molecular complexity index is 3140. The smallest absolute Gasteiger partial charge is 0.417 e. The fourth-order valence-electron chi connectivity index (χ4n) is 15.4. The van der Waals surface area contributed by atoms with Crippen molar-refractivity contribution >= 4 is 17.9 Å². The molecule has 2 spiro atoms. The molecule has 2 aromatic heterocycles. The van der Waals surface area contributed by atoms with Gasteiger partial charge in [0, 0.05) is 83.4 Å². The molecule has 10 rings (SSSR count). The van der Waals surface area contributed by atoms with E-state index in [2.05, 4.69) is 56.7 Å². The molecule has 2 unspecified atom stereocenters. The molecule has 0 N–H and O–H groups in total. The van der Waals surface area contributed by atoms with Gasteiger partial charge >= 0.3 is 12.4 Å². The average molecular weight is 1300 g/mol. The van der Waals surface area contributed by atoms with Crippen LogP contribution in [-0.4, -0.2) is 93.3 Å². The van der Waals surface area contributed by atoms with Gasteiger partial charge < -0.3 is 42.7 Å². The maximum absolute atomic E-state index is 14.3. The van der Waals surface area contributed by atoms with Gasteiger partial charge in [-0.15, -0.1) is 19.6 Å². The summed E-state index contributed by atoms with van der Waals surface area (Å²) in [5.41, 5.74) is -2.59. The molecule has 2 aromatic carbocycles. The number of fused-ring (bicyclic) bond motifs is 4. The van der Waals surface area contributed by atoms with Crippen molar-refractivity contribution in [2.75, 3.05) is 53.9 Å². The molecule has 4 aromatic rings. The lowest BCUT2D eigenvalue weighted by molar-refractivity contribution is -0.239. The fourth-order valence-corrected chi connectivity index (χ4v) is 15.4. The van der Waals surface area contributed by atoms with Crippen molar-refractivity contribution in [3.8, 4) is 35.2 Å². The fraction of sp³-hybridized carbons (Fsp3) is 0.581. The van der Waals surface area contributed by atoms with Crippen LogP contribution in [0.15, 0.2) is 111 Å². The number of hydrogen-bond acceptors (Lipinski definition) is 13. The third-order valence-corrected chi connectivity index (χ3v) is 21.1. The van der Waals surface area contributed by atoms with Gasteiger partial charge in [0.1, 0.15) is 29.4 Å². The Hall–Kier alpha value is -6.27. The van der Waals surface area contributed by atoms with Gasteiger partial charge in [-0.2, -0.15) is 26.3 Å². The van der Waals surface area contributed by atoms with Gasteiger partial charge in [-0.3, -0.25) is 19.6 Å². The molecule has 0 amide bonds. The van der Waals surface area contributed by atoms with Crippen molar-refractivity contribution < 1.29 is 78.6 Å². The minimum absolute atomic E-state index is 0. The predicted molar refractivity (Wildman–Crippen MR) is 344 cm³/mol. The predicted octanol–water partition coefficient (Wildman–Crippen LogP) is 16.6. The van der Waals surface area contributed by atoms with Crippen LogP contribution >= 0.6 is 0 Å². The summed E-state index contributed by atoms with van der Waals surface area (Å²) in [5, 5.41) is 0. The SMILES string of the molecule is C.C.C#C[C@@]12CC[C@@H](C)[C@@](C)(C(=O)C[C@](C)(C=C)COCc3ccc(OC)cc3)C1C1(CC2)OCCO1.C=C[C@](C)(COCc1ccc(OC)cc1)CC(=O)[C@@]1(C)C2C3(CC[C@]2(CC=O)CC[C@H]1C)OCCO3.FC(F)(F)c1ccc(-c2ccc(C(F)(F)F)cn2)nc1. The van der Waals surface area contributed by atoms with Crippen LogP contribution in [0.3, 0.4) is 0 Å². The van der Waals surface area contributed by atoms with Crippen LogP contribution in [0, 0.1) is 68.5 Å². The lowest BCUT2D eigenvalue weighted by atomic mass is 9.49. The first kappa shape index (κ1) is 75.8. The number of pyridine rings is 2. The number of rotatable bonds is 21. The Morgan fingerprint density at radius 2 is 1.01 bits per heavy atom. The number of hydrogen-bond donors (Lipinski definition) is 0. The number of aromatic nitrogens is 2. The number of terminal acetylenes is 1. The summed E-state index contributed by atoms with van der Waals surface area (Å²) < 4.78 is 122. The molecular weight excluding hydrogens is 1210 g/mol. The molecule has 13 nitrogen and oxygen atoms in total. The third kappa shape index (κ3) is 15.9. The van der Waals surface area contributed by atoms with Gasteiger partial charge in [-0.05, 0) is 115 Å². The van der Waals surface area contributed by atoms with Crippen LogP contribution in [0.5, 0.6) is 11.5 Å². The number of nitrogens with zero attached hydrogens (tertiary/aromatic N) is 2. The molecule has 2 aliphatic heterocycles. The normalized spacial score (nSPS) is 27.7. The summed E-state index contributed by atoms with van der Waals surface area (Å²) in [7, 11) is 3.30. The van der Waals surface area contributed by atoms with E-state index in [1.807, 2.05) is 74.5 Å². The molecule has 19 heteroatoms. The first-order valence-electron chi connectivity index (χ1n) is 31.3. The van der Waals surface area contributed by atoms with Gasteiger partial charge in [-0.1, -0.05) is 98.7 Å². The van der Waals surface area contributed by atoms with Crippen LogP contribution in [0.25, 0.3) is 11.4 Å². The summed E-state index contributed by atoms with van der Waals surface area (Å²) in [6.07, 6.45) is 11.1. The molecule has 4 saturated carbocycles. The second-order valence-electron chi connectivity index (χ2n) is 26.8. The van der Waals surface area contributed by atoms with Crippen molar-refractivity contribution in [3.63, 3.8) is 0 Å². The van der Waals surface area contributed by atoms with Crippen LogP contribution in [-0.2, 0) is 68.4 Å². The van der Waals surface area contributed by atoms with E-state index in [9.17, 15) is 40.7 Å². The van der Waals surface area contributed by atoms with Gasteiger partial charge in [0.05, 0.1) is 89.6 Å². The molecule has 6 aliphatic rings. The summed E-state index contributed by atoms with van der Waals surface area (Å²) in [5.74, 6) is 3.66. The first-order chi connectivity index (χ1) is 43.0. The maximum atomic E-state index is 14.3. The van der Waals surface area contributed by atoms with E-state index in [0.29, 0.717) is 84.5 Å². The second-order valence-corrected chi connectivity index (χ2v) is 26.8. The molecule has 0 radical (unpaired) electrons. The monoisotopic (exact) mass is 1300 g/mol. The zero-order chi connectivity index (χ0) is 66.3. The molecule has 510 valence electrons. The zero-order valence-corrected chi connectivity index (χ0v) is 53.7. The van der Waals surface area contributed by atoms with E-state index in [0.717, 1.165) is 105 Å². The third-order valence-electron chi connectivity index (χ3n) is 21.1. The Morgan fingerprint density at radius 1 is 0.613 bits per heavy atom. The van der Waals surface area contributed by atoms with E-state index in [4.69, 9.17) is 44.3 Å². The highest BCUT2D eigenvalue weighted by Crippen LogP contribution is 2.69. The lowest BCUT2D eigenvalue weighted by Crippen LogP contribution is -2.59. The van der Waals surface area contributed by atoms with Crippen LogP contribution in [0.2, 0.25) is 0 Å².